The summed E-state index contributed by atoms with van der Waals surface area (Å²) < 4.78 is 8.00. The summed E-state index contributed by atoms with van der Waals surface area (Å²) in [5.41, 5.74) is 1.09. The van der Waals surface area contributed by atoms with Crippen molar-refractivity contribution in [3.05, 3.63) is 41.5 Å². The van der Waals surface area contributed by atoms with Crippen LogP contribution in [0.4, 0.5) is 0 Å². The first kappa shape index (κ1) is 23.4. The maximum absolute atomic E-state index is 5.69. The van der Waals surface area contributed by atoms with E-state index < -0.39 is 0 Å². The average molecular weight is 512 g/mol. The van der Waals surface area contributed by atoms with Crippen molar-refractivity contribution in [1.82, 2.24) is 25.4 Å². The van der Waals surface area contributed by atoms with Crippen LogP contribution in [0.3, 0.4) is 0 Å². The van der Waals surface area contributed by atoms with E-state index in [1.807, 2.05) is 25.1 Å². The van der Waals surface area contributed by atoms with Gasteiger partial charge >= 0.3 is 0 Å². The van der Waals surface area contributed by atoms with E-state index in [-0.39, 0.29) is 24.0 Å². The van der Waals surface area contributed by atoms with Crippen LogP contribution in [0.25, 0.3) is 0 Å². The average Bonchev–Trinajstić information content (AvgIpc) is 2.94. The molecule has 1 aromatic heterocycles. The van der Waals surface area contributed by atoms with Gasteiger partial charge in [-0.2, -0.15) is 0 Å². The van der Waals surface area contributed by atoms with Gasteiger partial charge in [0.25, 0.3) is 0 Å². The van der Waals surface area contributed by atoms with Gasteiger partial charge in [-0.05, 0) is 32.8 Å². The monoisotopic (exact) mass is 512 g/mol. The molecule has 2 aromatic rings. The first-order chi connectivity index (χ1) is 13.8. The number of aromatic nitrogens is 3. The third-order valence-corrected chi connectivity index (χ3v) is 4.85. The number of nitrogens with zero attached hydrogens (tertiary/aromatic N) is 4. The Kier molecular flexibility index (Phi) is 10.2. The molecule has 29 heavy (non-hydrogen) atoms. The SMILES string of the molecule is CCNC(=NCc1ccccc1OCC)NCCc1nnc2n1CCCCC2.I. The van der Waals surface area contributed by atoms with Gasteiger partial charge < -0.3 is 19.9 Å². The number of hydrogen-bond acceptors (Lipinski definition) is 4. The Labute approximate surface area is 190 Å². The summed E-state index contributed by atoms with van der Waals surface area (Å²) in [6, 6.07) is 8.06. The Hall–Kier alpha value is -1.84. The molecule has 0 fully saturated rings. The molecule has 0 amide bonds. The molecule has 8 heteroatoms. The number of benzene rings is 1. The van der Waals surface area contributed by atoms with Gasteiger partial charge in [-0.25, -0.2) is 4.99 Å². The molecule has 0 spiro atoms. The second-order valence-electron chi connectivity index (χ2n) is 6.91. The molecular formula is C21H33IN6O. The summed E-state index contributed by atoms with van der Waals surface area (Å²) in [6.45, 7) is 7.94. The van der Waals surface area contributed by atoms with E-state index in [1.165, 1.54) is 19.3 Å². The minimum atomic E-state index is 0. The molecule has 3 rings (SSSR count). The standard InChI is InChI=1S/C21H32N6O.HI/c1-3-22-21(24-16-17-10-7-8-11-18(17)28-4-2)23-14-13-20-26-25-19-12-6-5-9-15-27(19)20;/h7-8,10-11H,3-6,9,12-16H2,1-2H3,(H2,22,23,24);1H. The molecule has 1 aliphatic heterocycles. The maximum atomic E-state index is 5.69. The van der Waals surface area contributed by atoms with Crippen LogP contribution < -0.4 is 15.4 Å². The van der Waals surface area contributed by atoms with E-state index in [9.17, 15) is 0 Å². The van der Waals surface area contributed by atoms with Crippen molar-refractivity contribution in [2.45, 2.75) is 59.0 Å². The minimum absolute atomic E-state index is 0. The van der Waals surface area contributed by atoms with Gasteiger partial charge in [0.05, 0.1) is 13.2 Å². The summed E-state index contributed by atoms with van der Waals surface area (Å²) in [4.78, 5) is 4.72. The Morgan fingerprint density at radius 1 is 1.14 bits per heavy atom. The highest BCUT2D eigenvalue weighted by molar-refractivity contribution is 14.0. The molecular weight excluding hydrogens is 479 g/mol. The summed E-state index contributed by atoms with van der Waals surface area (Å²) in [5.74, 6) is 3.92. The molecule has 0 bridgehead atoms. The van der Waals surface area contributed by atoms with Gasteiger partial charge in [-0.1, -0.05) is 24.6 Å². The van der Waals surface area contributed by atoms with Crippen LogP contribution in [0.2, 0.25) is 0 Å². The normalized spacial score (nSPS) is 13.8. The van der Waals surface area contributed by atoms with Crippen molar-refractivity contribution in [3.8, 4) is 5.75 Å². The minimum Gasteiger partial charge on any atom is -0.494 e. The smallest absolute Gasteiger partial charge is 0.191 e. The van der Waals surface area contributed by atoms with Crippen LogP contribution >= 0.6 is 24.0 Å². The highest BCUT2D eigenvalue weighted by Crippen LogP contribution is 2.18. The second-order valence-corrected chi connectivity index (χ2v) is 6.91. The lowest BCUT2D eigenvalue weighted by Crippen LogP contribution is -2.38. The number of rotatable bonds is 8. The van der Waals surface area contributed by atoms with Crippen LogP contribution in [0.5, 0.6) is 5.75 Å². The van der Waals surface area contributed by atoms with E-state index in [1.54, 1.807) is 0 Å². The van der Waals surface area contributed by atoms with Gasteiger partial charge in [0.1, 0.15) is 17.4 Å². The zero-order valence-corrected chi connectivity index (χ0v) is 19.8. The molecule has 2 N–H and O–H groups in total. The summed E-state index contributed by atoms with van der Waals surface area (Å²) in [6.07, 6.45) is 5.60. The Balaban J connectivity index is 0.00000300. The summed E-state index contributed by atoms with van der Waals surface area (Å²) in [5, 5.41) is 15.5. The molecule has 0 saturated heterocycles. The maximum Gasteiger partial charge on any atom is 0.191 e. The lowest BCUT2D eigenvalue weighted by atomic mass is 10.2. The predicted molar refractivity (Wildman–Crippen MR) is 127 cm³/mol. The van der Waals surface area contributed by atoms with Crippen molar-refractivity contribution in [2.75, 3.05) is 19.7 Å². The Morgan fingerprint density at radius 2 is 2.00 bits per heavy atom. The lowest BCUT2D eigenvalue weighted by molar-refractivity contribution is 0.336. The van der Waals surface area contributed by atoms with Crippen LogP contribution in [-0.4, -0.2) is 40.4 Å². The molecule has 0 atom stereocenters. The van der Waals surface area contributed by atoms with E-state index >= 15 is 0 Å². The third-order valence-electron chi connectivity index (χ3n) is 4.85. The number of ether oxygens (including phenoxy) is 1. The van der Waals surface area contributed by atoms with Gasteiger partial charge in [-0.3, -0.25) is 0 Å². The number of aryl methyl sites for hydroxylation is 1. The number of para-hydroxylation sites is 1. The van der Waals surface area contributed by atoms with Crippen LogP contribution in [0.1, 0.15) is 50.3 Å². The third kappa shape index (κ3) is 6.87. The number of halogens is 1. The quantitative estimate of drug-likeness (QED) is 0.323. The zero-order valence-electron chi connectivity index (χ0n) is 17.5. The van der Waals surface area contributed by atoms with Crippen molar-refractivity contribution in [3.63, 3.8) is 0 Å². The van der Waals surface area contributed by atoms with E-state index in [0.29, 0.717) is 13.2 Å². The summed E-state index contributed by atoms with van der Waals surface area (Å²) in [7, 11) is 0. The topological polar surface area (TPSA) is 76.4 Å². The largest absolute Gasteiger partial charge is 0.494 e. The predicted octanol–water partition coefficient (Wildman–Crippen LogP) is 3.32. The van der Waals surface area contributed by atoms with Crippen molar-refractivity contribution in [1.29, 1.82) is 0 Å². The molecule has 7 nitrogen and oxygen atoms in total. The molecule has 160 valence electrons. The number of fused-ring (bicyclic) bond motifs is 1. The van der Waals surface area contributed by atoms with Crippen molar-refractivity contribution in [2.24, 2.45) is 4.99 Å². The number of guanidine groups is 1. The number of aliphatic imine (C=N–C) groups is 1. The lowest BCUT2D eigenvalue weighted by Gasteiger charge is -2.13. The van der Waals surface area contributed by atoms with Gasteiger partial charge in [-0.15, -0.1) is 34.2 Å². The Bertz CT molecular complexity index is 776. The van der Waals surface area contributed by atoms with Gasteiger partial charge in [0.15, 0.2) is 5.96 Å². The zero-order chi connectivity index (χ0) is 19.6. The molecule has 0 saturated carbocycles. The molecule has 1 aliphatic rings. The van der Waals surface area contributed by atoms with E-state index in [2.05, 4.69) is 38.4 Å². The number of nitrogens with one attached hydrogen (secondary N) is 2. The first-order valence-corrected chi connectivity index (χ1v) is 10.5. The highest BCUT2D eigenvalue weighted by atomic mass is 127. The van der Waals surface area contributed by atoms with Crippen molar-refractivity contribution < 1.29 is 4.74 Å². The van der Waals surface area contributed by atoms with Gasteiger partial charge in [0.2, 0.25) is 0 Å². The van der Waals surface area contributed by atoms with Crippen LogP contribution in [-0.2, 0) is 25.9 Å². The molecule has 0 radical (unpaired) electrons. The fraction of sp³-hybridized carbons (Fsp3) is 0.571. The summed E-state index contributed by atoms with van der Waals surface area (Å²) >= 11 is 0. The van der Waals surface area contributed by atoms with E-state index in [0.717, 1.165) is 61.4 Å². The molecule has 0 unspecified atom stereocenters. The fourth-order valence-corrected chi connectivity index (χ4v) is 3.46. The second kappa shape index (κ2) is 12.7. The Morgan fingerprint density at radius 3 is 2.83 bits per heavy atom. The molecule has 1 aromatic carbocycles. The number of hydrogen-bond donors (Lipinski definition) is 2. The fourth-order valence-electron chi connectivity index (χ4n) is 3.46. The van der Waals surface area contributed by atoms with Crippen LogP contribution in [0, 0.1) is 0 Å². The highest BCUT2D eigenvalue weighted by Gasteiger charge is 2.14. The van der Waals surface area contributed by atoms with E-state index in [4.69, 9.17) is 9.73 Å². The molecule has 2 heterocycles. The van der Waals surface area contributed by atoms with Gasteiger partial charge in [0, 0.05) is 38.0 Å². The van der Waals surface area contributed by atoms with Crippen LogP contribution in [0.15, 0.2) is 29.3 Å². The molecule has 0 aliphatic carbocycles. The first-order valence-electron chi connectivity index (χ1n) is 10.5. The van der Waals surface area contributed by atoms with Crippen molar-refractivity contribution >= 4 is 29.9 Å².